The molecule has 1 aromatic heterocycles. The topological polar surface area (TPSA) is 92.7 Å². The van der Waals surface area contributed by atoms with E-state index in [0.29, 0.717) is 6.42 Å². The van der Waals surface area contributed by atoms with Crippen molar-refractivity contribution in [2.45, 2.75) is 140 Å². The van der Waals surface area contributed by atoms with E-state index >= 15 is 0 Å². The molecule has 8 nitrogen and oxygen atoms in total. The first-order chi connectivity index (χ1) is 22.5. The number of thiophene rings is 1. The van der Waals surface area contributed by atoms with Gasteiger partial charge in [0.05, 0.1) is 22.6 Å². The van der Waals surface area contributed by atoms with E-state index in [-0.39, 0.29) is 55.4 Å². The average Bonchev–Trinajstić information content (AvgIpc) is 3.63. The van der Waals surface area contributed by atoms with Gasteiger partial charge in [-0.15, -0.1) is 11.3 Å². The Morgan fingerprint density at radius 3 is 2.22 bits per heavy atom. The van der Waals surface area contributed by atoms with Gasteiger partial charge in [-0.25, -0.2) is 0 Å². The molecule has 1 aromatic rings. The molecule has 5 rings (SSSR count). The Kier molecular flexibility index (Phi) is 15.4. The highest BCUT2D eigenvalue weighted by atomic mass is 35.5. The van der Waals surface area contributed by atoms with Crippen molar-refractivity contribution in [2.75, 3.05) is 19.8 Å². The molecule has 1 N–H and O–H groups in total. The molecule has 0 aromatic carbocycles. The van der Waals surface area contributed by atoms with Gasteiger partial charge in [0, 0.05) is 43.5 Å². The summed E-state index contributed by atoms with van der Waals surface area (Å²) in [5.41, 5.74) is 0. The Balaban J connectivity index is 1.34. The lowest BCUT2D eigenvalue weighted by molar-refractivity contribution is -0.203. The number of carbonyl (C=O) groups is 1. The van der Waals surface area contributed by atoms with Crippen LogP contribution < -0.4 is 0 Å². The molecule has 4 aliphatic rings. The van der Waals surface area contributed by atoms with Gasteiger partial charge in [-0.1, -0.05) is 35.9 Å². The maximum absolute atomic E-state index is 11.0. The molecule has 258 valence electrons. The number of carboxylic acid groups (broad SMARTS) is 1. The number of unbranched alkanes of at least 4 members (excludes halogenated alkanes) is 1. The van der Waals surface area contributed by atoms with Gasteiger partial charge in [-0.2, -0.15) is 0 Å². The SMILES string of the molecule is O=C(O)CCCC=CC[C@@H]1[C@@H](C=CC(CCc2ccc(Cl)s2)O[C@H]2CCCCO2)[C@H](OC2CCCCO2)C[C@@H]1OC1CCCCO1. The molecule has 0 amide bonds. The Hall–Kier alpha value is -1.30. The van der Waals surface area contributed by atoms with E-state index in [4.69, 9.17) is 45.1 Å². The lowest BCUT2D eigenvalue weighted by Crippen LogP contribution is -2.31. The fourth-order valence-electron chi connectivity index (χ4n) is 6.98. The van der Waals surface area contributed by atoms with Gasteiger partial charge >= 0.3 is 5.97 Å². The smallest absolute Gasteiger partial charge is 0.303 e. The third kappa shape index (κ3) is 12.0. The van der Waals surface area contributed by atoms with Crippen molar-refractivity contribution in [1.29, 1.82) is 0 Å². The van der Waals surface area contributed by atoms with Crippen LogP contribution in [0.3, 0.4) is 0 Å². The van der Waals surface area contributed by atoms with Gasteiger partial charge in [0.15, 0.2) is 18.9 Å². The van der Waals surface area contributed by atoms with Gasteiger partial charge in [0.25, 0.3) is 0 Å². The van der Waals surface area contributed by atoms with Crippen LogP contribution >= 0.6 is 22.9 Å². The Morgan fingerprint density at radius 1 is 0.935 bits per heavy atom. The average molecular weight is 681 g/mol. The summed E-state index contributed by atoms with van der Waals surface area (Å²) >= 11 is 7.86. The minimum absolute atomic E-state index is 0.0238. The minimum Gasteiger partial charge on any atom is -0.481 e. The molecule has 0 radical (unpaired) electrons. The molecule has 46 heavy (non-hydrogen) atoms. The first-order valence-electron chi connectivity index (χ1n) is 17.6. The zero-order valence-electron chi connectivity index (χ0n) is 27.1. The molecule has 3 saturated heterocycles. The Bertz CT molecular complexity index is 1080. The number of rotatable bonds is 17. The van der Waals surface area contributed by atoms with Crippen LogP contribution in [0.15, 0.2) is 36.4 Å². The van der Waals surface area contributed by atoms with Gasteiger partial charge < -0.3 is 33.5 Å². The molecule has 3 aliphatic heterocycles. The maximum Gasteiger partial charge on any atom is 0.303 e. The number of ether oxygens (including phenoxy) is 6. The van der Waals surface area contributed by atoms with Crippen molar-refractivity contribution in [2.24, 2.45) is 11.8 Å². The zero-order chi connectivity index (χ0) is 32.0. The molecular weight excluding hydrogens is 628 g/mol. The lowest BCUT2D eigenvalue weighted by atomic mass is 9.89. The normalized spacial score (nSPS) is 31.5. The second kappa shape index (κ2) is 19.6. The highest BCUT2D eigenvalue weighted by molar-refractivity contribution is 7.16. The molecule has 0 bridgehead atoms. The Labute approximate surface area is 283 Å². The van der Waals surface area contributed by atoms with Crippen molar-refractivity contribution < 1.29 is 38.3 Å². The van der Waals surface area contributed by atoms with Crippen molar-refractivity contribution in [3.8, 4) is 0 Å². The molecular formula is C36H53ClO8S. The number of aryl methyl sites for hydroxylation is 1. The fraction of sp³-hybridized carbons (Fsp3) is 0.750. The zero-order valence-corrected chi connectivity index (χ0v) is 28.7. The minimum atomic E-state index is -0.752. The molecule has 4 fully saturated rings. The van der Waals surface area contributed by atoms with Gasteiger partial charge in [-0.05, 0) is 108 Å². The molecule has 10 heteroatoms. The standard InChI is InChI=1S/C36H53ClO8S/c37-32-21-19-27(46-32)18-16-26(43-34-13-5-8-22-40-34)17-20-29-28(11-3-1-2-4-12-33(38)39)30(44-35-14-6-9-23-41-35)25-31(29)45-36-15-7-10-24-42-36/h1,3,17,19-21,26,28-31,34-36H,2,4-16,18,22-25H2,(H,38,39)/t26?,28-,29-,30+,31-,34+,35?,36?/m1/s1. The summed E-state index contributed by atoms with van der Waals surface area (Å²) in [6.07, 6.45) is 22.3. The van der Waals surface area contributed by atoms with E-state index in [0.717, 1.165) is 114 Å². The van der Waals surface area contributed by atoms with Gasteiger partial charge in [-0.3, -0.25) is 4.79 Å². The van der Waals surface area contributed by atoms with Gasteiger partial charge in [0.1, 0.15) is 0 Å². The third-order valence-corrected chi connectivity index (χ3v) is 10.7. The third-order valence-electron chi connectivity index (χ3n) is 9.45. The largest absolute Gasteiger partial charge is 0.481 e. The molecule has 8 atom stereocenters. The predicted molar refractivity (Wildman–Crippen MR) is 179 cm³/mol. The van der Waals surface area contributed by atoms with Crippen molar-refractivity contribution in [1.82, 2.24) is 0 Å². The predicted octanol–water partition coefficient (Wildman–Crippen LogP) is 8.46. The van der Waals surface area contributed by atoms with Crippen molar-refractivity contribution in [3.63, 3.8) is 0 Å². The number of halogens is 1. The number of aliphatic carboxylic acids is 1. The molecule has 3 unspecified atom stereocenters. The molecule has 0 spiro atoms. The van der Waals surface area contributed by atoms with Gasteiger partial charge in [0.2, 0.25) is 0 Å². The summed E-state index contributed by atoms with van der Waals surface area (Å²) in [6.45, 7) is 2.22. The summed E-state index contributed by atoms with van der Waals surface area (Å²) in [5, 5.41) is 9.04. The number of hydrogen-bond donors (Lipinski definition) is 1. The molecule has 4 heterocycles. The summed E-state index contributed by atoms with van der Waals surface area (Å²) in [6, 6.07) is 4.06. The molecule has 1 aliphatic carbocycles. The first-order valence-corrected chi connectivity index (χ1v) is 18.8. The summed E-state index contributed by atoms with van der Waals surface area (Å²) in [7, 11) is 0. The fourth-order valence-corrected chi connectivity index (χ4v) is 8.08. The van der Waals surface area contributed by atoms with E-state index in [1.807, 2.05) is 6.07 Å². The van der Waals surface area contributed by atoms with Crippen LogP contribution in [0.4, 0.5) is 0 Å². The highest BCUT2D eigenvalue weighted by Gasteiger charge is 2.45. The summed E-state index contributed by atoms with van der Waals surface area (Å²) in [4.78, 5) is 12.2. The van der Waals surface area contributed by atoms with Crippen LogP contribution in [0.5, 0.6) is 0 Å². The first kappa shape index (κ1) is 36.0. The van der Waals surface area contributed by atoms with Crippen LogP contribution in [-0.4, -0.2) is 68.1 Å². The van der Waals surface area contributed by atoms with E-state index in [2.05, 4.69) is 30.4 Å². The van der Waals surface area contributed by atoms with Crippen molar-refractivity contribution >= 4 is 28.9 Å². The second-order valence-electron chi connectivity index (χ2n) is 13.0. The van der Waals surface area contributed by atoms with E-state index in [9.17, 15) is 4.79 Å². The maximum atomic E-state index is 11.0. The van der Waals surface area contributed by atoms with Crippen LogP contribution in [0.1, 0.15) is 101 Å². The van der Waals surface area contributed by atoms with E-state index in [1.165, 1.54) is 4.88 Å². The number of allylic oxidation sites excluding steroid dienone is 2. The quantitative estimate of drug-likeness (QED) is 0.129. The van der Waals surface area contributed by atoms with Crippen LogP contribution in [-0.2, 0) is 39.6 Å². The van der Waals surface area contributed by atoms with Crippen LogP contribution in [0.25, 0.3) is 0 Å². The Morgan fingerprint density at radius 2 is 1.61 bits per heavy atom. The molecule has 1 saturated carbocycles. The second-order valence-corrected chi connectivity index (χ2v) is 14.8. The van der Waals surface area contributed by atoms with Crippen molar-refractivity contribution in [3.05, 3.63) is 45.7 Å². The van der Waals surface area contributed by atoms with Crippen LogP contribution in [0, 0.1) is 11.8 Å². The highest BCUT2D eigenvalue weighted by Crippen LogP contribution is 2.42. The van der Waals surface area contributed by atoms with E-state index < -0.39 is 5.97 Å². The van der Waals surface area contributed by atoms with E-state index in [1.54, 1.807) is 11.3 Å². The summed E-state index contributed by atoms with van der Waals surface area (Å²) < 4.78 is 38.9. The summed E-state index contributed by atoms with van der Waals surface area (Å²) in [5.74, 6) is -0.482. The number of hydrogen-bond acceptors (Lipinski definition) is 8. The van der Waals surface area contributed by atoms with Crippen LogP contribution in [0.2, 0.25) is 4.34 Å². The monoisotopic (exact) mass is 680 g/mol. The number of carboxylic acids is 1. The lowest BCUT2D eigenvalue weighted by Gasteiger charge is -2.30.